The van der Waals surface area contributed by atoms with Crippen LogP contribution in [0.1, 0.15) is 16.7 Å². The van der Waals surface area contributed by atoms with Crippen molar-refractivity contribution in [1.82, 2.24) is 0 Å². The summed E-state index contributed by atoms with van der Waals surface area (Å²) in [5.74, 6) is -3.06. The first-order valence-corrected chi connectivity index (χ1v) is 11.9. The molecular formula is C29H19ClF3NO2. The summed E-state index contributed by atoms with van der Waals surface area (Å²) >= 11 is 6.20. The predicted octanol–water partition coefficient (Wildman–Crippen LogP) is 6.78. The number of rotatable bonds is 3. The summed E-state index contributed by atoms with van der Waals surface area (Å²) in [6, 6.07) is 22.3. The first-order valence-electron chi connectivity index (χ1n) is 11.5. The van der Waals surface area contributed by atoms with Gasteiger partial charge in [-0.2, -0.15) is 13.2 Å². The van der Waals surface area contributed by atoms with Gasteiger partial charge in [0, 0.05) is 11.8 Å². The lowest BCUT2D eigenvalue weighted by Crippen LogP contribution is -2.33. The molecule has 0 unspecified atom stereocenters. The molecule has 1 heterocycles. The van der Waals surface area contributed by atoms with E-state index in [0.717, 1.165) is 45.4 Å². The minimum atomic E-state index is -4.63. The first kappa shape index (κ1) is 22.8. The number of benzene rings is 3. The smallest absolute Gasteiger partial charge is 0.274 e. The zero-order chi connectivity index (χ0) is 25.2. The van der Waals surface area contributed by atoms with Gasteiger partial charge in [0.2, 0.25) is 11.8 Å². The minimum Gasteiger partial charge on any atom is -0.274 e. The van der Waals surface area contributed by atoms with Crippen LogP contribution in [0.5, 0.6) is 0 Å². The Bertz CT molecular complexity index is 1370. The van der Waals surface area contributed by atoms with Crippen LogP contribution in [-0.4, -0.2) is 11.8 Å². The third kappa shape index (κ3) is 3.35. The third-order valence-electron chi connectivity index (χ3n) is 7.34. The van der Waals surface area contributed by atoms with Gasteiger partial charge in [-0.1, -0.05) is 84.4 Å². The number of fused-ring (bicyclic) bond motifs is 5. The topological polar surface area (TPSA) is 37.4 Å². The van der Waals surface area contributed by atoms with E-state index in [-0.39, 0.29) is 22.5 Å². The first-order chi connectivity index (χ1) is 17.3. The highest BCUT2D eigenvalue weighted by molar-refractivity contribution is 6.36. The van der Waals surface area contributed by atoms with Gasteiger partial charge >= 0.3 is 6.18 Å². The van der Waals surface area contributed by atoms with E-state index < -0.39 is 35.4 Å². The van der Waals surface area contributed by atoms with Gasteiger partial charge in [-0.05, 0) is 40.5 Å². The Morgan fingerprint density at radius 2 is 1.25 bits per heavy atom. The van der Waals surface area contributed by atoms with Crippen molar-refractivity contribution in [3.63, 3.8) is 0 Å². The largest absolute Gasteiger partial charge is 0.416 e. The number of carbonyl (C=O) groups excluding carboxylic acids is 2. The molecule has 0 spiro atoms. The van der Waals surface area contributed by atoms with E-state index in [0.29, 0.717) is 0 Å². The number of carbonyl (C=O) groups is 2. The lowest BCUT2D eigenvalue weighted by Gasteiger charge is -2.23. The molecule has 180 valence electrons. The van der Waals surface area contributed by atoms with Crippen LogP contribution >= 0.6 is 11.6 Å². The molecule has 6 rings (SSSR count). The highest BCUT2D eigenvalue weighted by Crippen LogP contribution is 2.59. The molecule has 2 amide bonds. The van der Waals surface area contributed by atoms with Crippen LogP contribution in [0.3, 0.4) is 0 Å². The zero-order valence-corrected chi connectivity index (χ0v) is 19.5. The second-order valence-electron chi connectivity index (χ2n) is 9.23. The maximum Gasteiger partial charge on any atom is 0.416 e. The van der Waals surface area contributed by atoms with E-state index >= 15 is 0 Å². The summed E-state index contributed by atoms with van der Waals surface area (Å²) in [5, 5.41) is -0.0741. The fraction of sp³-hybridized carbons (Fsp3) is 0.172. The highest BCUT2D eigenvalue weighted by atomic mass is 35.5. The second-order valence-corrected chi connectivity index (χ2v) is 9.63. The average Bonchev–Trinajstić information content (AvgIpc) is 3.50. The number of halogens is 4. The average molecular weight is 506 g/mol. The van der Waals surface area contributed by atoms with Crippen molar-refractivity contribution in [2.45, 2.75) is 6.18 Å². The Morgan fingerprint density at radius 3 is 1.72 bits per heavy atom. The van der Waals surface area contributed by atoms with Crippen LogP contribution in [0, 0.1) is 23.7 Å². The predicted molar refractivity (Wildman–Crippen MR) is 131 cm³/mol. The fourth-order valence-corrected chi connectivity index (χ4v) is 6.11. The molecule has 7 heteroatoms. The summed E-state index contributed by atoms with van der Waals surface area (Å²) in [5.41, 5.74) is 2.77. The van der Waals surface area contributed by atoms with Gasteiger partial charge in [0.1, 0.15) is 0 Å². The van der Waals surface area contributed by atoms with Crippen LogP contribution in [-0.2, 0) is 15.8 Å². The molecule has 2 fully saturated rings. The molecular weight excluding hydrogens is 487 g/mol. The van der Waals surface area contributed by atoms with Gasteiger partial charge in [0.15, 0.2) is 0 Å². The quantitative estimate of drug-likeness (QED) is 0.290. The number of anilines is 1. The Morgan fingerprint density at radius 1 is 0.750 bits per heavy atom. The maximum atomic E-state index is 13.7. The van der Waals surface area contributed by atoms with E-state index in [2.05, 4.69) is 0 Å². The van der Waals surface area contributed by atoms with Crippen molar-refractivity contribution >= 4 is 34.7 Å². The molecule has 3 aliphatic rings. The fourth-order valence-electron chi connectivity index (χ4n) is 5.90. The molecule has 3 aromatic carbocycles. The summed E-state index contributed by atoms with van der Waals surface area (Å²) in [7, 11) is 0. The second kappa shape index (κ2) is 8.20. The molecule has 2 aliphatic carbocycles. The zero-order valence-electron chi connectivity index (χ0n) is 18.7. The molecule has 36 heavy (non-hydrogen) atoms. The van der Waals surface area contributed by atoms with Crippen LogP contribution < -0.4 is 4.90 Å². The Hall–Kier alpha value is -3.64. The molecule has 1 saturated heterocycles. The number of amides is 2. The lowest BCUT2D eigenvalue weighted by molar-refractivity contribution is -0.137. The van der Waals surface area contributed by atoms with Gasteiger partial charge in [-0.25, -0.2) is 4.90 Å². The molecule has 3 nitrogen and oxygen atoms in total. The number of allylic oxidation sites excluding steroid dienone is 3. The summed E-state index contributed by atoms with van der Waals surface area (Å²) in [6.45, 7) is 0. The monoisotopic (exact) mass is 505 g/mol. The summed E-state index contributed by atoms with van der Waals surface area (Å²) in [4.78, 5) is 28.2. The van der Waals surface area contributed by atoms with E-state index in [4.69, 9.17) is 11.6 Å². The van der Waals surface area contributed by atoms with Crippen molar-refractivity contribution in [3.05, 3.63) is 118 Å². The van der Waals surface area contributed by atoms with Gasteiger partial charge < -0.3 is 0 Å². The number of alkyl halides is 3. The molecule has 0 aromatic heterocycles. The molecule has 0 N–H and O–H groups in total. The minimum absolute atomic E-state index is 0.0741. The molecule has 3 aromatic rings. The van der Waals surface area contributed by atoms with Crippen molar-refractivity contribution in [2.24, 2.45) is 23.7 Å². The Labute approximate surface area is 210 Å². The van der Waals surface area contributed by atoms with Gasteiger partial charge in [-0.3, -0.25) is 9.59 Å². The number of nitrogens with zero attached hydrogens (tertiary/aromatic N) is 1. The van der Waals surface area contributed by atoms with Crippen LogP contribution in [0.2, 0.25) is 5.02 Å². The number of hydrogen-bond acceptors (Lipinski definition) is 2. The normalized spacial score (nSPS) is 24.6. The van der Waals surface area contributed by atoms with Crippen LogP contribution in [0.25, 0.3) is 5.57 Å². The van der Waals surface area contributed by atoms with E-state index in [1.165, 1.54) is 0 Å². The molecule has 1 aliphatic heterocycles. The van der Waals surface area contributed by atoms with Gasteiger partial charge in [0.25, 0.3) is 0 Å². The van der Waals surface area contributed by atoms with Gasteiger partial charge in [0.05, 0.1) is 28.1 Å². The SMILES string of the molecule is O=C1[C@@H]2[C@H](C(=O)N1c1cc(C(F)(F)F)ccc1Cl)[C@H]1C=C[C@H]2C1=C(c1ccccc1)c1ccccc1. The highest BCUT2D eigenvalue weighted by Gasteiger charge is 2.62. The van der Waals surface area contributed by atoms with E-state index in [1.54, 1.807) is 0 Å². The lowest BCUT2D eigenvalue weighted by atomic mass is 9.85. The maximum absolute atomic E-state index is 13.7. The van der Waals surface area contributed by atoms with Gasteiger partial charge in [-0.15, -0.1) is 0 Å². The standard InChI is InChI=1S/C29H19ClF3NO2/c30-21-14-11-18(29(31,32)33)15-22(21)34-27(35)25-19-12-13-20(26(25)28(34)36)24(19)23(16-7-3-1-4-8-16)17-9-5-2-6-10-17/h1-15,19-20,25-26H/t19-,20-,25-,26+/m0/s1. The third-order valence-corrected chi connectivity index (χ3v) is 7.66. The molecule has 0 radical (unpaired) electrons. The van der Waals surface area contributed by atoms with E-state index in [1.807, 2.05) is 72.8 Å². The molecule has 1 saturated carbocycles. The van der Waals surface area contributed by atoms with Crippen molar-refractivity contribution in [2.75, 3.05) is 4.90 Å². The number of imide groups is 1. The van der Waals surface area contributed by atoms with Crippen LogP contribution in [0.4, 0.5) is 18.9 Å². The van der Waals surface area contributed by atoms with E-state index in [9.17, 15) is 22.8 Å². The Balaban J connectivity index is 1.47. The van der Waals surface area contributed by atoms with Crippen molar-refractivity contribution in [3.8, 4) is 0 Å². The number of hydrogen-bond donors (Lipinski definition) is 0. The van der Waals surface area contributed by atoms with Crippen molar-refractivity contribution in [1.29, 1.82) is 0 Å². The van der Waals surface area contributed by atoms with Crippen LogP contribution in [0.15, 0.2) is 96.6 Å². The van der Waals surface area contributed by atoms with Crippen molar-refractivity contribution < 1.29 is 22.8 Å². The Kier molecular flexibility index (Phi) is 5.20. The molecule has 2 bridgehead atoms. The summed E-state index contributed by atoms with van der Waals surface area (Å²) < 4.78 is 40.1. The molecule has 4 atom stereocenters. The summed E-state index contributed by atoms with van der Waals surface area (Å²) in [6.07, 6.45) is -0.720.